The van der Waals surface area contributed by atoms with Crippen molar-refractivity contribution < 1.29 is 13.6 Å². The Balaban J connectivity index is 2.52. The number of hydrogen-bond donors (Lipinski definition) is 0. The monoisotopic (exact) mass is 289 g/mol. The summed E-state index contributed by atoms with van der Waals surface area (Å²) < 4.78 is 24.7. The van der Waals surface area contributed by atoms with Crippen LogP contribution in [0.3, 0.4) is 0 Å². The van der Waals surface area contributed by atoms with Crippen molar-refractivity contribution >= 4 is 17.5 Å². The molecule has 0 N–H and O–H groups in total. The van der Waals surface area contributed by atoms with Gasteiger partial charge in [0.25, 0.3) is 6.43 Å². The van der Waals surface area contributed by atoms with Crippen LogP contribution >= 0.6 is 11.6 Å². The highest BCUT2D eigenvalue weighted by molar-refractivity contribution is 6.18. The molecule has 2 nitrogen and oxygen atoms in total. The number of amides is 1. The highest BCUT2D eigenvalue weighted by Gasteiger charge is 2.17. The van der Waals surface area contributed by atoms with Gasteiger partial charge in [-0.1, -0.05) is 29.8 Å². The summed E-state index contributed by atoms with van der Waals surface area (Å²) in [5.74, 6) is -0.106. The Morgan fingerprint density at radius 3 is 2.74 bits per heavy atom. The second-order valence-electron chi connectivity index (χ2n) is 4.41. The molecule has 0 radical (unpaired) electrons. The number of carbonyl (C=O) groups excluding carboxylic acids is 1. The van der Waals surface area contributed by atoms with Crippen LogP contribution in [-0.4, -0.2) is 36.2 Å². The van der Waals surface area contributed by atoms with Crippen LogP contribution in [0.15, 0.2) is 24.3 Å². The number of nitrogens with zero attached hydrogens (tertiary/aromatic N) is 1. The summed E-state index contributed by atoms with van der Waals surface area (Å²) in [6.07, 6.45) is -1.73. The second-order valence-corrected chi connectivity index (χ2v) is 4.79. The Labute approximate surface area is 117 Å². The Morgan fingerprint density at radius 2 is 2.16 bits per heavy atom. The van der Waals surface area contributed by atoms with Crippen molar-refractivity contribution in [2.75, 3.05) is 19.0 Å². The quantitative estimate of drug-likeness (QED) is 0.706. The highest BCUT2D eigenvalue weighted by Crippen LogP contribution is 2.09. The van der Waals surface area contributed by atoms with Crippen LogP contribution in [0.4, 0.5) is 8.78 Å². The Hall–Kier alpha value is -1.16. The van der Waals surface area contributed by atoms with E-state index in [4.69, 9.17) is 11.6 Å². The van der Waals surface area contributed by atoms with Crippen molar-refractivity contribution in [3.63, 3.8) is 0 Å². The zero-order chi connectivity index (χ0) is 14.3. The lowest BCUT2D eigenvalue weighted by Crippen LogP contribution is -2.36. The normalized spacial score (nSPS) is 10.8. The average Bonchev–Trinajstić information content (AvgIpc) is 2.35. The van der Waals surface area contributed by atoms with E-state index in [1.807, 2.05) is 31.2 Å². The summed E-state index contributed by atoms with van der Waals surface area (Å²) in [5.41, 5.74) is 2.16. The lowest BCUT2D eigenvalue weighted by atomic mass is 10.1. The number of rotatable bonds is 7. The predicted molar refractivity (Wildman–Crippen MR) is 72.8 cm³/mol. The van der Waals surface area contributed by atoms with Crippen LogP contribution in [-0.2, 0) is 11.2 Å². The fourth-order valence-electron chi connectivity index (χ4n) is 1.86. The van der Waals surface area contributed by atoms with Gasteiger partial charge in [0.15, 0.2) is 0 Å². The average molecular weight is 290 g/mol. The lowest BCUT2D eigenvalue weighted by molar-refractivity contribution is -0.132. The smallest absolute Gasteiger partial charge is 0.255 e. The Bertz CT molecular complexity index is 412. The van der Waals surface area contributed by atoms with Crippen molar-refractivity contribution in [1.29, 1.82) is 0 Å². The van der Waals surface area contributed by atoms with Gasteiger partial charge in [-0.25, -0.2) is 8.78 Å². The van der Waals surface area contributed by atoms with Gasteiger partial charge in [-0.2, -0.15) is 0 Å². The maximum atomic E-state index is 12.3. The van der Waals surface area contributed by atoms with Gasteiger partial charge in [0.2, 0.25) is 5.91 Å². The van der Waals surface area contributed by atoms with Crippen LogP contribution in [0.5, 0.6) is 0 Å². The standard InChI is InChI=1S/C14H18ClF2NO/c1-11-3-2-4-12(9-11)5-6-14(19)18(8-7-15)10-13(16)17/h2-4,9,13H,5-8,10H2,1H3. The molecule has 1 amide bonds. The van der Waals surface area contributed by atoms with E-state index in [1.54, 1.807) is 0 Å². The predicted octanol–water partition coefficient (Wildman–Crippen LogP) is 3.26. The molecule has 0 aliphatic heterocycles. The van der Waals surface area contributed by atoms with Crippen molar-refractivity contribution in [1.82, 2.24) is 4.90 Å². The molecule has 0 saturated carbocycles. The van der Waals surface area contributed by atoms with Crippen LogP contribution in [0.2, 0.25) is 0 Å². The van der Waals surface area contributed by atoms with Gasteiger partial charge in [-0.3, -0.25) is 4.79 Å². The maximum Gasteiger partial charge on any atom is 0.255 e. The fraction of sp³-hybridized carbons (Fsp3) is 0.500. The van der Waals surface area contributed by atoms with E-state index in [1.165, 1.54) is 0 Å². The maximum absolute atomic E-state index is 12.3. The van der Waals surface area contributed by atoms with E-state index >= 15 is 0 Å². The van der Waals surface area contributed by atoms with Gasteiger partial charge in [0.05, 0.1) is 6.54 Å². The number of aryl methyl sites for hydroxylation is 2. The van der Waals surface area contributed by atoms with Crippen LogP contribution in [0, 0.1) is 6.92 Å². The molecule has 0 atom stereocenters. The van der Waals surface area contributed by atoms with Gasteiger partial charge in [0.1, 0.15) is 0 Å². The molecule has 0 spiro atoms. The molecule has 0 aliphatic rings. The molecular weight excluding hydrogens is 272 g/mol. The van der Waals surface area contributed by atoms with Gasteiger partial charge in [0, 0.05) is 18.8 Å². The molecule has 19 heavy (non-hydrogen) atoms. The van der Waals surface area contributed by atoms with Crippen molar-refractivity contribution in [2.45, 2.75) is 26.2 Å². The van der Waals surface area contributed by atoms with Crippen LogP contribution in [0.1, 0.15) is 17.5 Å². The highest BCUT2D eigenvalue weighted by atomic mass is 35.5. The first-order valence-corrected chi connectivity index (χ1v) is 6.74. The van der Waals surface area contributed by atoms with Gasteiger partial charge < -0.3 is 4.90 Å². The summed E-state index contributed by atoms with van der Waals surface area (Å²) in [6, 6.07) is 7.82. The molecule has 1 aromatic rings. The van der Waals surface area contributed by atoms with Gasteiger partial charge >= 0.3 is 0 Å². The van der Waals surface area contributed by atoms with Gasteiger partial charge in [-0.15, -0.1) is 11.6 Å². The number of carbonyl (C=O) groups is 1. The van der Waals surface area contributed by atoms with E-state index in [-0.39, 0.29) is 24.8 Å². The molecule has 0 heterocycles. The van der Waals surface area contributed by atoms with E-state index in [9.17, 15) is 13.6 Å². The second kappa shape index (κ2) is 8.10. The third kappa shape index (κ3) is 6.01. The molecule has 0 aliphatic carbocycles. The van der Waals surface area contributed by atoms with Crippen molar-refractivity contribution in [3.8, 4) is 0 Å². The molecule has 0 aromatic heterocycles. The largest absolute Gasteiger partial charge is 0.336 e. The summed E-state index contributed by atoms with van der Waals surface area (Å²) in [6.45, 7) is 1.60. The molecule has 0 fully saturated rings. The zero-order valence-electron chi connectivity index (χ0n) is 10.9. The van der Waals surface area contributed by atoms with Crippen molar-refractivity contribution in [2.24, 2.45) is 0 Å². The minimum Gasteiger partial charge on any atom is -0.336 e. The molecule has 1 rings (SSSR count). The summed E-state index contributed by atoms with van der Waals surface area (Å²) in [7, 11) is 0. The summed E-state index contributed by atoms with van der Waals surface area (Å²) in [5, 5.41) is 0. The Kier molecular flexibility index (Phi) is 6.78. The molecule has 1 aromatic carbocycles. The lowest BCUT2D eigenvalue weighted by Gasteiger charge is -2.21. The number of alkyl halides is 3. The van der Waals surface area contributed by atoms with E-state index in [0.29, 0.717) is 6.42 Å². The van der Waals surface area contributed by atoms with Crippen molar-refractivity contribution in [3.05, 3.63) is 35.4 Å². The molecule has 0 unspecified atom stereocenters. The van der Waals surface area contributed by atoms with E-state index in [0.717, 1.165) is 16.0 Å². The van der Waals surface area contributed by atoms with E-state index < -0.39 is 13.0 Å². The van der Waals surface area contributed by atoms with Crippen LogP contribution < -0.4 is 0 Å². The first kappa shape index (κ1) is 15.9. The van der Waals surface area contributed by atoms with E-state index in [2.05, 4.69) is 0 Å². The molecule has 106 valence electrons. The SMILES string of the molecule is Cc1cccc(CCC(=O)N(CCCl)CC(F)F)c1. The number of halogens is 3. The molecule has 0 bridgehead atoms. The molecule has 0 saturated heterocycles. The minimum atomic E-state index is -2.52. The number of hydrogen-bond acceptors (Lipinski definition) is 1. The minimum absolute atomic E-state index is 0.165. The van der Waals surface area contributed by atoms with Crippen LogP contribution in [0.25, 0.3) is 0 Å². The van der Waals surface area contributed by atoms with Gasteiger partial charge in [-0.05, 0) is 18.9 Å². The topological polar surface area (TPSA) is 20.3 Å². The first-order chi connectivity index (χ1) is 9.02. The third-order valence-electron chi connectivity index (χ3n) is 2.78. The Morgan fingerprint density at radius 1 is 1.42 bits per heavy atom. The third-order valence-corrected chi connectivity index (χ3v) is 2.94. The molecule has 5 heteroatoms. The fourth-order valence-corrected chi connectivity index (χ4v) is 2.07. The summed E-state index contributed by atoms with van der Waals surface area (Å²) >= 11 is 5.52. The summed E-state index contributed by atoms with van der Waals surface area (Å²) in [4.78, 5) is 13.0. The zero-order valence-corrected chi connectivity index (χ0v) is 11.7. The molecular formula is C14H18ClF2NO. The first-order valence-electron chi connectivity index (χ1n) is 6.20. The number of benzene rings is 1.